The number of carbonyl (C=O) groups excluding carboxylic acids is 1. The summed E-state index contributed by atoms with van der Waals surface area (Å²) < 4.78 is 4.87. The molecule has 0 fully saturated rings. The normalized spacial score (nSPS) is 12.4. The van der Waals surface area contributed by atoms with E-state index in [1.165, 1.54) is 0 Å². The molecule has 0 aliphatic carbocycles. The second kappa shape index (κ2) is 6.86. The molecule has 0 aliphatic heterocycles. The van der Waals surface area contributed by atoms with Crippen LogP contribution in [0.1, 0.15) is 38.4 Å². The Bertz CT molecular complexity index is 442. The van der Waals surface area contributed by atoms with E-state index < -0.39 is 12.0 Å². The van der Waals surface area contributed by atoms with E-state index in [1.807, 2.05) is 13.8 Å². The molecule has 1 amide bonds. The van der Waals surface area contributed by atoms with Crippen molar-refractivity contribution >= 4 is 11.9 Å². The van der Waals surface area contributed by atoms with Gasteiger partial charge >= 0.3 is 5.97 Å². The highest BCUT2D eigenvalue weighted by Gasteiger charge is 2.21. The molecule has 1 atom stereocenters. The lowest BCUT2D eigenvalue weighted by atomic mass is 10.0. The zero-order valence-corrected chi connectivity index (χ0v) is 11.3. The number of carboxylic acid groups (broad SMARTS) is 1. The van der Waals surface area contributed by atoms with Crippen LogP contribution in [-0.2, 0) is 16.0 Å². The van der Waals surface area contributed by atoms with E-state index in [2.05, 4.69) is 15.5 Å². The molecular formula is C12H19N3O4. The highest BCUT2D eigenvalue weighted by Crippen LogP contribution is 2.06. The van der Waals surface area contributed by atoms with Crippen LogP contribution in [0, 0.1) is 12.8 Å². The van der Waals surface area contributed by atoms with Crippen LogP contribution in [0.5, 0.6) is 0 Å². The minimum absolute atomic E-state index is 0.128. The molecule has 1 heterocycles. The lowest BCUT2D eigenvalue weighted by Crippen LogP contribution is -2.41. The van der Waals surface area contributed by atoms with Gasteiger partial charge in [-0.1, -0.05) is 19.0 Å². The van der Waals surface area contributed by atoms with Gasteiger partial charge in [0.2, 0.25) is 11.8 Å². The minimum atomic E-state index is -1.02. The van der Waals surface area contributed by atoms with E-state index in [0.717, 1.165) is 0 Å². The van der Waals surface area contributed by atoms with Gasteiger partial charge in [0.05, 0.1) is 0 Å². The van der Waals surface area contributed by atoms with Crippen LogP contribution in [0.15, 0.2) is 4.52 Å². The predicted octanol–water partition coefficient (Wildman–Crippen LogP) is 0.926. The minimum Gasteiger partial charge on any atom is -0.480 e. The average molecular weight is 269 g/mol. The highest BCUT2D eigenvalue weighted by atomic mass is 16.5. The van der Waals surface area contributed by atoms with Crippen molar-refractivity contribution in [1.82, 2.24) is 15.5 Å². The molecule has 0 radical (unpaired) electrons. The quantitative estimate of drug-likeness (QED) is 0.762. The summed E-state index contributed by atoms with van der Waals surface area (Å²) in [6.07, 6.45) is 0.838. The fourth-order valence-electron chi connectivity index (χ4n) is 1.62. The second-order valence-corrected chi connectivity index (χ2v) is 4.82. The summed E-state index contributed by atoms with van der Waals surface area (Å²) in [4.78, 5) is 26.6. The van der Waals surface area contributed by atoms with Crippen molar-refractivity contribution in [3.8, 4) is 0 Å². The van der Waals surface area contributed by atoms with Crippen LogP contribution < -0.4 is 5.32 Å². The zero-order chi connectivity index (χ0) is 14.4. The third-order valence-corrected chi connectivity index (χ3v) is 2.48. The van der Waals surface area contributed by atoms with E-state index in [9.17, 15) is 9.59 Å². The molecule has 1 aromatic rings. The van der Waals surface area contributed by atoms with E-state index in [-0.39, 0.29) is 18.2 Å². The fraction of sp³-hybridized carbons (Fsp3) is 0.667. The first-order valence-corrected chi connectivity index (χ1v) is 6.20. The van der Waals surface area contributed by atoms with E-state index >= 15 is 0 Å². The van der Waals surface area contributed by atoms with Crippen LogP contribution in [0.4, 0.5) is 0 Å². The number of aryl methyl sites for hydroxylation is 2. The van der Waals surface area contributed by atoms with E-state index in [4.69, 9.17) is 9.63 Å². The maximum Gasteiger partial charge on any atom is 0.326 e. The molecule has 0 bridgehead atoms. The second-order valence-electron chi connectivity index (χ2n) is 4.82. The molecule has 0 aromatic carbocycles. The molecule has 1 aromatic heterocycles. The summed E-state index contributed by atoms with van der Waals surface area (Å²) in [5.41, 5.74) is 0. The number of nitrogens with one attached hydrogen (secondary N) is 1. The number of carbonyl (C=O) groups is 2. The zero-order valence-electron chi connectivity index (χ0n) is 11.3. The summed E-state index contributed by atoms with van der Waals surface area (Å²) in [5, 5.41) is 15.1. The van der Waals surface area contributed by atoms with E-state index in [0.29, 0.717) is 24.6 Å². The van der Waals surface area contributed by atoms with Crippen LogP contribution in [0.2, 0.25) is 0 Å². The van der Waals surface area contributed by atoms with Gasteiger partial charge in [-0.2, -0.15) is 4.98 Å². The topological polar surface area (TPSA) is 105 Å². The van der Waals surface area contributed by atoms with E-state index in [1.54, 1.807) is 6.92 Å². The van der Waals surface area contributed by atoms with Crippen LogP contribution in [-0.4, -0.2) is 33.2 Å². The first kappa shape index (κ1) is 15.1. The van der Waals surface area contributed by atoms with Gasteiger partial charge in [-0.15, -0.1) is 0 Å². The summed E-state index contributed by atoms with van der Waals surface area (Å²) in [6.45, 7) is 5.50. The highest BCUT2D eigenvalue weighted by molar-refractivity contribution is 5.83. The van der Waals surface area contributed by atoms with Gasteiger partial charge in [0.15, 0.2) is 5.82 Å². The molecule has 0 saturated carbocycles. The molecule has 2 N–H and O–H groups in total. The number of carboxylic acids is 1. The Kier molecular flexibility index (Phi) is 5.47. The first-order chi connectivity index (χ1) is 8.88. The number of rotatable bonds is 7. The number of nitrogens with zero attached hydrogens (tertiary/aromatic N) is 2. The van der Waals surface area contributed by atoms with Crippen LogP contribution in [0.25, 0.3) is 0 Å². The van der Waals surface area contributed by atoms with Crippen molar-refractivity contribution in [2.24, 2.45) is 5.92 Å². The van der Waals surface area contributed by atoms with Gasteiger partial charge < -0.3 is 14.9 Å². The number of aliphatic carboxylic acids is 1. The van der Waals surface area contributed by atoms with Gasteiger partial charge in [0, 0.05) is 12.8 Å². The first-order valence-electron chi connectivity index (χ1n) is 6.20. The molecule has 0 saturated heterocycles. The number of aromatic nitrogens is 2. The van der Waals surface area contributed by atoms with Gasteiger partial charge in [-0.25, -0.2) is 4.79 Å². The van der Waals surface area contributed by atoms with Gasteiger partial charge in [0.1, 0.15) is 6.04 Å². The third-order valence-electron chi connectivity index (χ3n) is 2.48. The SMILES string of the molecule is Cc1noc(CCC(=O)NC(CC(C)C)C(=O)O)n1. The molecule has 0 spiro atoms. The molecule has 19 heavy (non-hydrogen) atoms. The number of hydrogen-bond donors (Lipinski definition) is 2. The lowest BCUT2D eigenvalue weighted by molar-refractivity contribution is -0.142. The van der Waals surface area contributed by atoms with Crippen molar-refractivity contribution in [2.75, 3.05) is 0 Å². The summed E-state index contributed by atoms with van der Waals surface area (Å²) in [7, 11) is 0. The third kappa shape index (κ3) is 5.50. The Hall–Kier alpha value is -1.92. The molecular weight excluding hydrogens is 250 g/mol. The fourth-order valence-corrected chi connectivity index (χ4v) is 1.62. The lowest BCUT2D eigenvalue weighted by Gasteiger charge is -2.16. The molecule has 7 nitrogen and oxygen atoms in total. The van der Waals surface area contributed by atoms with Crippen molar-refractivity contribution in [1.29, 1.82) is 0 Å². The van der Waals surface area contributed by atoms with Crippen LogP contribution in [0.3, 0.4) is 0 Å². The van der Waals surface area contributed by atoms with Crippen molar-refractivity contribution in [3.63, 3.8) is 0 Å². The van der Waals surface area contributed by atoms with Crippen molar-refractivity contribution in [3.05, 3.63) is 11.7 Å². The summed E-state index contributed by atoms with van der Waals surface area (Å²) in [6, 6.07) is -0.850. The molecule has 1 unspecified atom stereocenters. The Morgan fingerprint density at radius 2 is 2.11 bits per heavy atom. The largest absolute Gasteiger partial charge is 0.480 e. The maximum atomic E-state index is 11.7. The molecule has 0 aliphatic rings. The Morgan fingerprint density at radius 3 is 2.58 bits per heavy atom. The Labute approximate surface area is 111 Å². The smallest absolute Gasteiger partial charge is 0.326 e. The van der Waals surface area contributed by atoms with Crippen molar-refractivity contribution < 1.29 is 19.2 Å². The predicted molar refractivity (Wildman–Crippen MR) is 66.4 cm³/mol. The number of amides is 1. The summed E-state index contributed by atoms with van der Waals surface area (Å²) in [5.74, 6) is -0.262. The molecule has 106 valence electrons. The molecule has 1 rings (SSSR count). The monoisotopic (exact) mass is 269 g/mol. The van der Waals surface area contributed by atoms with Crippen LogP contribution >= 0.6 is 0 Å². The Morgan fingerprint density at radius 1 is 1.42 bits per heavy atom. The number of hydrogen-bond acceptors (Lipinski definition) is 5. The average Bonchev–Trinajstić information content (AvgIpc) is 2.71. The van der Waals surface area contributed by atoms with Gasteiger partial charge in [-0.05, 0) is 19.3 Å². The standard InChI is InChI=1S/C12H19N3O4/c1-7(2)6-9(12(17)18)14-10(16)4-5-11-13-8(3)15-19-11/h7,9H,4-6H2,1-3H3,(H,14,16)(H,17,18). The summed E-state index contributed by atoms with van der Waals surface area (Å²) >= 11 is 0. The van der Waals surface area contributed by atoms with Gasteiger partial charge in [-0.3, -0.25) is 4.79 Å². The maximum absolute atomic E-state index is 11.7. The van der Waals surface area contributed by atoms with Gasteiger partial charge in [0.25, 0.3) is 0 Å². The Balaban J connectivity index is 2.42. The van der Waals surface area contributed by atoms with Crippen molar-refractivity contribution in [2.45, 2.75) is 46.1 Å². The molecule has 7 heteroatoms.